The van der Waals surface area contributed by atoms with Gasteiger partial charge in [0.15, 0.2) is 0 Å². The van der Waals surface area contributed by atoms with Gasteiger partial charge in [-0.3, -0.25) is 0 Å². The van der Waals surface area contributed by atoms with E-state index in [0.29, 0.717) is 0 Å². The Kier molecular flexibility index (Phi) is 16.0. The molecular weight excluding hydrogens is 1010 g/mol. The number of hydrogen-bond donors (Lipinski definition) is 0. The maximum absolute atomic E-state index is 14.3. The highest BCUT2D eigenvalue weighted by Gasteiger charge is 2.95. The summed E-state index contributed by atoms with van der Waals surface area (Å²) in [5.41, 5.74) is 0. The van der Waals surface area contributed by atoms with E-state index in [0.717, 1.165) is 0 Å². The summed E-state index contributed by atoms with van der Waals surface area (Å²) in [6.07, 6.45) is -47.2. The highest BCUT2D eigenvalue weighted by molar-refractivity contribution is 7.63. The molecule has 0 rings (SSSR count). The number of alkyl halides is 35. The fourth-order valence-corrected chi connectivity index (χ4v) is 7.46. The van der Waals surface area contributed by atoms with E-state index in [1.807, 2.05) is 0 Å². The lowest BCUT2D eigenvalue weighted by Crippen LogP contribution is -2.74. The smallest absolute Gasteiger partial charge is 0.324 e. The average Bonchev–Trinajstić information content (AvgIpc) is 3.01. The van der Waals surface area contributed by atoms with Gasteiger partial charge in [-0.15, -0.1) is 0 Å². The van der Waals surface area contributed by atoms with Crippen molar-refractivity contribution in [3.63, 3.8) is 0 Å². The second kappa shape index (κ2) is 16.6. The van der Waals surface area contributed by atoms with Gasteiger partial charge in [-0.25, -0.2) is 0 Å². The molecule has 0 aliphatic heterocycles. The lowest BCUT2D eigenvalue weighted by molar-refractivity contribution is -0.461. The molecule has 0 N–H and O–H groups in total. The van der Waals surface area contributed by atoms with Gasteiger partial charge in [0.25, 0.3) is 0 Å². The van der Waals surface area contributed by atoms with Crippen molar-refractivity contribution in [1.29, 1.82) is 0 Å². The summed E-state index contributed by atoms with van der Waals surface area (Å²) in [6.45, 7) is 0. The van der Waals surface area contributed by atoms with E-state index in [9.17, 15) is 158 Å². The van der Waals surface area contributed by atoms with Gasteiger partial charge in [-0.05, 0) is 19.3 Å². The van der Waals surface area contributed by atoms with Crippen LogP contribution in [0.1, 0.15) is 38.5 Å². The Morgan fingerprint density at radius 2 is 0.371 bits per heavy atom. The first-order chi connectivity index (χ1) is 26.4. The van der Waals surface area contributed by atoms with Crippen LogP contribution in [0.3, 0.4) is 0 Å². The summed E-state index contributed by atoms with van der Waals surface area (Å²) >= 11 is 0. The van der Waals surface area contributed by atoms with Gasteiger partial charge in [0.05, 0.1) is 7.14 Å². The van der Waals surface area contributed by atoms with Gasteiger partial charge in [0.1, 0.15) is 0 Å². The van der Waals surface area contributed by atoms with Crippen LogP contribution in [0.25, 0.3) is 0 Å². The molecule has 374 valence electrons. The quantitative estimate of drug-likeness (QED) is 0.0780. The first kappa shape index (κ1) is 59.8. The Morgan fingerprint density at radius 3 is 0.565 bits per heavy atom. The minimum atomic E-state index is -9.13. The molecule has 0 fully saturated rings. The Hall–Kier alpha value is -2.22. The molecule has 0 aromatic heterocycles. The van der Waals surface area contributed by atoms with Crippen molar-refractivity contribution in [2.75, 3.05) is 18.5 Å². The van der Waals surface area contributed by atoms with Crippen LogP contribution >= 0.6 is 7.14 Å². The van der Waals surface area contributed by atoms with Crippen molar-refractivity contribution in [2.24, 2.45) is 0 Å². The van der Waals surface area contributed by atoms with Gasteiger partial charge in [-0.1, -0.05) is 0 Å². The maximum atomic E-state index is 14.3. The molecular formula is C25H18F35OP. The van der Waals surface area contributed by atoms with Crippen molar-refractivity contribution in [1.82, 2.24) is 0 Å². The van der Waals surface area contributed by atoms with Crippen molar-refractivity contribution in [3.05, 3.63) is 0 Å². The van der Waals surface area contributed by atoms with E-state index < -0.39 is 160 Å². The van der Waals surface area contributed by atoms with Gasteiger partial charge >= 0.3 is 95.5 Å². The fraction of sp³-hybridized carbons (Fsp3) is 1.00. The van der Waals surface area contributed by atoms with Crippen LogP contribution in [0.4, 0.5) is 154 Å². The van der Waals surface area contributed by atoms with Crippen molar-refractivity contribution >= 4 is 7.14 Å². The van der Waals surface area contributed by atoms with Crippen LogP contribution in [0.5, 0.6) is 0 Å². The van der Waals surface area contributed by atoms with E-state index >= 15 is 0 Å². The summed E-state index contributed by atoms with van der Waals surface area (Å²) in [4.78, 5) is 0. The first-order valence-corrected chi connectivity index (χ1v) is 17.3. The number of rotatable bonds is 22. The molecule has 0 saturated carbocycles. The van der Waals surface area contributed by atoms with Crippen LogP contribution in [-0.4, -0.2) is 114 Å². The maximum Gasteiger partial charge on any atom is 0.460 e. The highest BCUT2D eigenvalue weighted by Crippen LogP contribution is 2.65. The lowest BCUT2D eigenvalue weighted by Gasteiger charge is -2.42. The van der Waals surface area contributed by atoms with E-state index in [1.165, 1.54) is 0 Å². The standard InChI is InChI=1S/C25H18F35OP/c26-10(27,13(32,33)16(38,39)17(40,41)18(42,43)19(44,45)22(50,51)25(58,59)60)4-1-7-62(61,8-2-5-11(28,29)14(34,35)20(46,47)23(52,53)54)9-3-6-12(30,31)15(36,37)21(48,49)24(55,56)57/h1-9H2. The molecule has 62 heavy (non-hydrogen) atoms. The zero-order valence-electron chi connectivity index (χ0n) is 28.4. The van der Waals surface area contributed by atoms with Crippen molar-refractivity contribution in [2.45, 2.75) is 134 Å². The Labute approximate surface area is 319 Å². The summed E-state index contributed by atoms with van der Waals surface area (Å²) in [5, 5.41) is 0. The number of halogens is 35. The van der Waals surface area contributed by atoms with E-state index in [1.54, 1.807) is 0 Å². The van der Waals surface area contributed by atoms with Crippen molar-refractivity contribution in [3.8, 4) is 0 Å². The Morgan fingerprint density at radius 1 is 0.226 bits per heavy atom. The number of hydrogen-bond acceptors (Lipinski definition) is 1. The Bertz CT molecular complexity index is 1500. The SMILES string of the molecule is O=P(CCCC(F)(F)C(F)(F)C(F)(F)C(F)(F)F)(CCCC(F)(F)C(F)(F)C(F)(F)C(F)(F)F)CCCC(F)(F)C(F)(F)C(F)(F)C(F)(F)C(F)(F)C(F)(F)C(F)(F)C(F)(F)F. The van der Waals surface area contributed by atoms with Gasteiger partial charge in [0, 0.05) is 37.7 Å². The van der Waals surface area contributed by atoms with E-state index in [-0.39, 0.29) is 0 Å². The molecule has 0 radical (unpaired) electrons. The van der Waals surface area contributed by atoms with Crippen LogP contribution in [0, 0.1) is 0 Å². The topological polar surface area (TPSA) is 17.1 Å². The molecule has 0 spiro atoms. The largest absolute Gasteiger partial charge is 0.460 e. The minimum Gasteiger partial charge on any atom is -0.324 e. The van der Waals surface area contributed by atoms with E-state index in [2.05, 4.69) is 0 Å². The summed E-state index contributed by atoms with van der Waals surface area (Å²) in [5.74, 6) is -104. The second-order valence-electron chi connectivity index (χ2n) is 12.9. The Balaban J connectivity index is 6.91. The monoisotopic (exact) mass is 1030 g/mol. The van der Waals surface area contributed by atoms with Crippen LogP contribution in [-0.2, 0) is 4.57 Å². The molecule has 0 bridgehead atoms. The third-order valence-corrected chi connectivity index (χ3v) is 11.8. The molecule has 0 amide bonds. The van der Waals surface area contributed by atoms with Crippen LogP contribution in [0.15, 0.2) is 0 Å². The van der Waals surface area contributed by atoms with Gasteiger partial charge in [-0.2, -0.15) is 154 Å². The summed E-state index contributed by atoms with van der Waals surface area (Å²) in [7, 11) is -5.74. The van der Waals surface area contributed by atoms with E-state index in [4.69, 9.17) is 0 Å². The predicted octanol–water partition coefficient (Wildman–Crippen LogP) is 14.6. The normalized spacial score (nSPS) is 16.6. The minimum absolute atomic E-state index is 2.26. The third kappa shape index (κ3) is 9.67. The molecule has 0 aliphatic rings. The molecule has 0 aliphatic carbocycles. The van der Waals surface area contributed by atoms with Crippen molar-refractivity contribution < 1.29 is 158 Å². The first-order valence-electron chi connectivity index (χ1n) is 15.1. The highest BCUT2D eigenvalue weighted by atomic mass is 31.2. The molecule has 0 aromatic rings. The van der Waals surface area contributed by atoms with Crippen LogP contribution < -0.4 is 0 Å². The predicted molar refractivity (Wildman–Crippen MR) is 132 cm³/mol. The molecule has 0 heterocycles. The third-order valence-electron chi connectivity index (χ3n) is 8.38. The zero-order chi connectivity index (χ0) is 50.9. The molecule has 0 unspecified atom stereocenters. The van der Waals surface area contributed by atoms with Crippen LogP contribution in [0.2, 0.25) is 0 Å². The molecule has 0 saturated heterocycles. The summed E-state index contributed by atoms with van der Waals surface area (Å²) in [6, 6.07) is 0. The zero-order valence-corrected chi connectivity index (χ0v) is 29.3. The molecule has 1 nitrogen and oxygen atoms in total. The molecule has 0 atom stereocenters. The average molecular weight is 1030 g/mol. The lowest BCUT2D eigenvalue weighted by atomic mass is 9.88. The fourth-order valence-electron chi connectivity index (χ4n) is 4.59. The summed E-state index contributed by atoms with van der Waals surface area (Å²) < 4.78 is 478. The van der Waals surface area contributed by atoms with Gasteiger partial charge < -0.3 is 4.57 Å². The van der Waals surface area contributed by atoms with Gasteiger partial charge in [0.2, 0.25) is 0 Å². The molecule has 37 heteroatoms. The molecule has 0 aromatic carbocycles. The second-order valence-corrected chi connectivity index (χ2v) is 16.3.